The molecule has 2 rings (SSSR count). The van der Waals surface area contributed by atoms with Gasteiger partial charge in [0.2, 0.25) is 0 Å². The van der Waals surface area contributed by atoms with Crippen LogP contribution in [-0.2, 0) is 4.74 Å². The zero-order valence-corrected chi connectivity index (χ0v) is 9.26. The van der Waals surface area contributed by atoms with Gasteiger partial charge in [-0.1, -0.05) is 0 Å². The maximum atomic E-state index is 9.60. The monoisotopic (exact) mass is 217 g/mol. The van der Waals surface area contributed by atoms with Crippen molar-refractivity contribution in [2.24, 2.45) is 0 Å². The first-order chi connectivity index (χ1) is 6.86. The van der Waals surface area contributed by atoms with Crippen LogP contribution >= 0.6 is 11.8 Å². The van der Waals surface area contributed by atoms with Gasteiger partial charge in [-0.25, -0.2) is 0 Å². The summed E-state index contributed by atoms with van der Waals surface area (Å²) in [5.74, 6) is 2.54. The Balaban J connectivity index is 1.77. The molecule has 2 fully saturated rings. The van der Waals surface area contributed by atoms with E-state index in [0.717, 1.165) is 0 Å². The molecule has 3 unspecified atom stereocenters. The quantitative estimate of drug-likeness (QED) is 0.711. The van der Waals surface area contributed by atoms with Gasteiger partial charge in [-0.2, -0.15) is 11.8 Å². The zero-order valence-electron chi connectivity index (χ0n) is 8.45. The Hall–Kier alpha value is 0.230. The van der Waals surface area contributed by atoms with Crippen molar-refractivity contribution >= 4 is 11.8 Å². The minimum Gasteiger partial charge on any atom is -0.389 e. The first-order valence-corrected chi connectivity index (χ1v) is 6.61. The molecule has 3 atom stereocenters. The van der Waals surface area contributed by atoms with Gasteiger partial charge < -0.3 is 15.2 Å². The molecule has 2 heterocycles. The molecule has 0 aromatic carbocycles. The Bertz CT molecular complexity index is 172. The first kappa shape index (κ1) is 10.7. The fourth-order valence-corrected chi connectivity index (χ4v) is 3.10. The second-order valence-electron chi connectivity index (χ2n) is 4.12. The molecule has 0 aromatic heterocycles. The predicted octanol–water partition coefficient (Wildman–Crippen LogP) is 0.621. The van der Waals surface area contributed by atoms with Crippen molar-refractivity contribution in [2.75, 3.05) is 24.7 Å². The van der Waals surface area contributed by atoms with Gasteiger partial charge in [0.15, 0.2) is 0 Å². The molecule has 0 bridgehead atoms. The molecule has 2 aliphatic heterocycles. The third-order valence-corrected chi connectivity index (χ3v) is 4.05. The molecule has 0 radical (unpaired) electrons. The van der Waals surface area contributed by atoms with Crippen molar-refractivity contribution in [3.8, 4) is 0 Å². The van der Waals surface area contributed by atoms with Gasteiger partial charge in [-0.3, -0.25) is 0 Å². The van der Waals surface area contributed by atoms with E-state index in [-0.39, 0.29) is 12.1 Å². The van der Waals surface area contributed by atoms with Crippen LogP contribution in [0.2, 0.25) is 0 Å². The number of hydrogen-bond donors (Lipinski definition) is 2. The van der Waals surface area contributed by atoms with Crippen molar-refractivity contribution in [3.63, 3.8) is 0 Å². The summed E-state index contributed by atoms with van der Waals surface area (Å²) in [6.07, 6.45) is 3.47. The number of aliphatic hydroxyl groups excluding tert-OH is 1. The van der Waals surface area contributed by atoms with E-state index in [4.69, 9.17) is 4.74 Å². The van der Waals surface area contributed by atoms with E-state index < -0.39 is 0 Å². The SMILES string of the molecule is OC1COCC1NC1CCCSCC1. The summed E-state index contributed by atoms with van der Waals surface area (Å²) in [7, 11) is 0. The number of aliphatic hydroxyl groups is 1. The lowest BCUT2D eigenvalue weighted by atomic mass is 10.1. The van der Waals surface area contributed by atoms with E-state index in [1.165, 1.54) is 30.8 Å². The second-order valence-corrected chi connectivity index (χ2v) is 5.34. The third kappa shape index (κ3) is 2.86. The molecule has 2 saturated heterocycles. The first-order valence-electron chi connectivity index (χ1n) is 5.46. The molecule has 14 heavy (non-hydrogen) atoms. The maximum absolute atomic E-state index is 9.60. The van der Waals surface area contributed by atoms with E-state index >= 15 is 0 Å². The van der Waals surface area contributed by atoms with Crippen LogP contribution in [0.4, 0.5) is 0 Å². The molecule has 82 valence electrons. The number of ether oxygens (including phenoxy) is 1. The molecule has 0 amide bonds. The van der Waals surface area contributed by atoms with Gasteiger partial charge in [0.25, 0.3) is 0 Å². The number of thioether (sulfide) groups is 1. The molecule has 0 saturated carbocycles. The van der Waals surface area contributed by atoms with Crippen LogP contribution in [-0.4, -0.2) is 48.0 Å². The van der Waals surface area contributed by atoms with Gasteiger partial charge in [0.1, 0.15) is 0 Å². The Labute approximate surface area is 89.6 Å². The third-order valence-electron chi connectivity index (χ3n) is 2.95. The van der Waals surface area contributed by atoms with E-state index in [9.17, 15) is 5.11 Å². The van der Waals surface area contributed by atoms with Crippen molar-refractivity contribution < 1.29 is 9.84 Å². The summed E-state index contributed by atoms with van der Waals surface area (Å²) in [4.78, 5) is 0. The van der Waals surface area contributed by atoms with E-state index in [1.807, 2.05) is 11.8 Å². The van der Waals surface area contributed by atoms with Crippen molar-refractivity contribution in [1.29, 1.82) is 0 Å². The highest BCUT2D eigenvalue weighted by Gasteiger charge is 2.28. The Morgan fingerprint density at radius 3 is 2.93 bits per heavy atom. The molecule has 2 aliphatic rings. The minimum atomic E-state index is -0.300. The molecular formula is C10H19NO2S. The van der Waals surface area contributed by atoms with Gasteiger partial charge in [-0.05, 0) is 30.8 Å². The van der Waals surface area contributed by atoms with Crippen LogP contribution in [0.15, 0.2) is 0 Å². The summed E-state index contributed by atoms with van der Waals surface area (Å²) < 4.78 is 5.22. The van der Waals surface area contributed by atoms with Crippen molar-refractivity contribution in [3.05, 3.63) is 0 Å². The summed E-state index contributed by atoms with van der Waals surface area (Å²) in [6, 6.07) is 0.759. The fourth-order valence-electron chi connectivity index (χ4n) is 2.08. The molecule has 0 aromatic rings. The summed E-state index contributed by atoms with van der Waals surface area (Å²) in [5.41, 5.74) is 0. The van der Waals surface area contributed by atoms with Crippen LogP contribution in [0, 0.1) is 0 Å². The smallest absolute Gasteiger partial charge is 0.0948 e. The molecule has 4 heteroatoms. The van der Waals surface area contributed by atoms with Crippen LogP contribution in [0.1, 0.15) is 19.3 Å². The average Bonchev–Trinajstić information content (AvgIpc) is 2.44. The average molecular weight is 217 g/mol. The molecule has 2 N–H and O–H groups in total. The highest BCUT2D eigenvalue weighted by atomic mass is 32.2. The topological polar surface area (TPSA) is 41.5 Å². The van der Waals surface area contributed by atoms with Crippen LogP contribution in [0.3, 0.4) is 0 Å². The van der Waals surface area contributed by atoms with Crippen LogP contribution < -0.4 is 5.32 Å². The molecule has 0 spiro atoms. The Morgan fingerprint density at radius 1 is 1.21 bits per heavy atom. The number of hydrogen-bond acceptors (Lipinski definition) is 4. The van der Waals surface area contributed by atoms with Crippen LogP contribution in [0.5, 0.6) is 0 Å². The fraction of sp³-hybridized carbons (Fsp3) is 1.00. The normalized spacial score (nSPS) is 39.6. The highest BCUT2D eigenvalue weighted by molar-refractivity contribution is 7.99. The number of nitrogens with one attached hydrogen (secondary N) is 1. The lowest BCUT2D eigenvalue weighted by molar-refractivity contribution is 0.121. The van der Waals surface area contributed by atoms with Crippen LogP contribution in [0.25, 0.3) is 0 Å². The summed E-state index contributed by atoms with van der Waals surface area (Å²) >= 11 is 2.04. The van der Waals surface area contributed by atoms with Crippen molar-refractivity contribution in [1.82, 2.24) is 5.32 Å². The lowest BCUT2D eigenvalue weighted by Gasteiger charge is -2.22. The van der Waals surface area contributed by atoms with Gasteiger partial charge in [0.05, 0.1) is 25.4 Å². The zero-order chi connectivity index (χ0) is 9.80. The second kappa shape index (κ2) is 5.35. The summed E-state index contributed by atoms with van der Waals surface area (Å²) in [5, 5.41) is 13.1. The van der Waals surface area contributed by atoms with E-state index in [2.05, 4.69) is 5.32 Å². The highest BCUT2D eigenvalue weighted by Crippen LogP contribution is 2.18. The van der Waals surface area contributed by atoms with E-state index in [0.29, 0.717) is 19.3 Å². The van der Waals surface area contributed by atoms with Gasteiger partial charge in [0, 0.05) is 6.04 Å². The molecular weight excluding hydrogens is 198 g/mol. The number of rotatable bonds is 2. The summed E-state index contributed by atoms with van der Waals surface area (Å²) in [6.45, 7) is 1.17. The Morgan fingerprint density at radius 2 is 2.14 bits per heavy atom. The standard InChI is InChI=1S/C10H19NO2S/c12-10-7-13-6-9(10)11-8-2-1-4-14-5-3-8/h8-12H,1-7H2. The van der Waals surface area contributed by atoms with E-state index in [1.54, 1.807) is 0 Å². The minimum absolute atomic E-state index is 0.170. The Kier molecular flexibility index (Phi) is 4.10. The molecule has 0 aliphatic carbocycles. The molecule has 3 nitrogen and oxygen atoms in total. The lowest BCUT2D eigenvalue weighted by Crippen LogP contribution is -2.45. The maximum Gasteiger partial charge on any atom is 0.0948 e. The predicted molar refractivity (Wildman–Crippen MR) is 58.7 cm³/mol. The van der Waals surface area contributed by atoms with Gasteiger partial charge >= 0.3 is 0 Å². The van der Waals surface area contributed by atoms with Gasteiger partial charge in [-0.15, -0.1) is 0 Å². The largest absolute Gasteiger partial charge is 0.389 e. The van der Waals surface area contributed by atoms with Crippen molar-refractivity contribution in [2.45, 2.75) is 37.5 Å².